The van der Waals surface area contributed by atoms with E-state index in [1.165, 1.54) is 0 Å². The van der Waals surface area contributed by atoms with Crippen molar-refractivity contribution in [1.29, 1.82) is 5.26 Å². The SMILES string of the molecule is N#Cc1cccc(-c2cc(-n3c4c(c5cc(-c6nc(-c7ccccc7)nc(-c7ccccc7)n6)ccc53)CCC=C4)c(C(F)(F)F)c(-n3c4ccccc4c4cc(-c5nc(-c6ccccc6)nc(-c6ccccc6)n5)ccc43)c2)c1. The lowest BCUT2D eigenvalue weighted by Gasteiger charge is -2.24. The topological polar surface area (TPSA) is 111 Å². The zero-order valence-corrected chi connectivity index (χ0v) is 42.5. The molecule has 1 aliphatic rings. The van der Waals surface area contributed by atoms with E-state index in [2.05, 4.69) is 6.07 Å². The molecule has 1 aliphatic carbocycles. The number of allylic oxidation sites excluding steroid dienone is 1. The minimum Gasteiger partial charge on any atom is -0.309 e. The van der Waals surface area contributed by atoms with Gasteiger partial charge in [0.05, 0.1) is 39.6 Å². The Balaban J connectivity index is 1.01. The molecule has 0 bridgehead atoms. The number of hydrogen-bond donors (Lipinski definition) is 0. The maximum atomic E-state index is 16.9. The Morgan fingerprint density at radius 2 is 0.825 bits per heavy atom. The van der Waals surface area contributed by atoms with Gasteiger partial charge in [-0.25, -0.2) is 29.9 Å². The van der Waals surface area contributed by atoms with E-state index >= 15 is 13.2 Å². The molecule has 4 aromatic heterocycles. The van der Waals surface area contributed by atoms with E-state index in [1.807, 2.05) is 200 Å². The molecular weight excluding hydrogens is 1000 g/mol. The maximum Gasteiger partial charge on any atom is 0.420 e. The van der Waals surface area contributed by atoms with Crippen molar-refractivity contribution < 1.29 is 13.2 Å². The number of halogens is 3. The summed E-state index contributed by atoms with van der Waals surface area (Å²) in [4.78, 5) is 29.8. The van der Waals surface area contributed by atoms with Crippen LogP contribution >= 0.6 is 0 Å². The van der Waals surface area contributed by atoms with Gasteiger partial charge in [-0.15, -0.1) is 0 Å². The number of rotatable bonds is 9. The number of aromatic nitrogens is 8. The average molecular weight is 1040 g/mol. The van der Waals surface area contributed by atoms with E-state index in [0.717, 1.165) is 38.6 Å². The molecule has 0 amide bonds. The van der Waals surface area contributed by atoms with E-state index < -0.39 is 11.7 Å². The summed E-state index contributed by atoms with van der Waals surface area (Å²) in [7, 11) is 0. The van der Waals surface area contributed by atoms with Gasteiger partial charge in [-0.3, -0.25) is 0 Å². The molecule has 0 saturated heterocycles. The van der Waals surface area contributed by atoms with E-state index in [0.29, 0.717) is 103 Å². The molecule has 80 heavy (non-hydrogen) atoms. The number of aryl methyl sites for hydroxylation is 1. The molecule has 380 valence electrons. The van der Waals surface area contributed by atoms with Gasteiger partial charge in [0.2, 0.25) is 0 Å². The minimum atomic E-state index is -4.89. The smallest absolute Gasteiger partial charge is 0.309 e. The van der Waals surface area contributed by atoms with Crippen molar-refractivity contribution in [3.63, 3.8) is 0 Å². The van der Waals surface area contributed by atoms with Crippen molar-refractivity contribution in [2.75, 3.05) is 0 Å². The summed E-state index contributed by atoms with van der Waals surface area (Å²) in [5, 5.41) is 12.3. The second-order valence-corrected chi connectivity index (χ2v) is 19.6. The third-order valence-electron chi connectivity index (χ3n) is 14.7. The summed E-state index contributed by atoms with van der Waals surface area (Å²) in [6.07, 6.45) is 0.345. The number of benzene rings is 9. The first kappa shape index (κ1) is 47.8. The summed E-state index contributed by atoms with van der Waals surface area (Å²) in [5.41, 5.74) is 8.34. The molecule has 0 unspecified atom stereocenters. The Morgan fingerprint density at radius 1 is 0.388 bits per heavy atom. The number of hydrogen-bond acceptors (Lipinski definition) is 7. The molecule has 0 spiro atoms. The van der Waals surface area contributed by atoms with Crippen molar-refractivity contribution in [3.8, 4) is 96.9 Å². The highest BCUT2D eigenvalue weighted by molar-refractivity contribution is 6.11. The van der Waals surface area contributed by atoms with Crippen molar-refractivity contribution in [1.82, 2.24) is 39.0 Å². The molecule has 12 heteroatoms. The number of alkyl halides is 3. The van der Waals surface area contributed by atoms with E-state index in [1.54, 1.807) is 39.5 Å². The Labute approximate surface area is 457 Å². The lowest BCUT2D eigenvalue weighted by Crippen LogP contribution is -2.17. The van der Waals surface area contributed by atoms with Crippen LogP contribution in [0.5, 0.6) is 0 Å². The van der Waals surface area contributed by atoms with Crippen LogP contribution in [0, 0.1) is 11.3 Å². The van der Waals surface area contributed by atoms with Crippen LogP contribution in [0.1, 0.15) is 28.8 Å². The number of fused-ring (bicyclic) bond motifs is 6. The molecular formula is C68H42F3N9. The summed E-state index contributed by atoms with van der Waals surface area (Å²) >= 11 is 0. The first-order valence-electron chi connectivity index (χ1n) is 26.1. The lowest BCUT2D eigenvalue weighted by atomic mass is 9.97. The minimum absolute atomic E-state index is 0.0644. The Kier molecular flexibility index (Phi) is 11.6. The zero-order valence-electron chi connectivity index (χ0n) is 42.5. The fourth-order valence-electron chi connectivity index (χ4n) is 11.1. The van der Waals surface area contributed by atoms with E-state index in [4.69, 9.17) is 29.9 Å². The van der Waals surface area contributed by atoms with Crippen molar-refractivity contribution in [3.05, 3.63) is 247 Å². The fourth-order valence-corrected chi connectivity index (χ4v) is 11.1. The average Bonchev–Trinajstić information content (AvgIpc) is 4.15. The predicted octanol–water partition coefficient (Wildman–Crippen LogP) is 16.6. The summed E-state index contributed by atoms with van der Waals surface area (Å²) in [6.45, 7) is 0. The summed E-state index contributed by atoms with van der Waals surface area (Å²) in [6, 6.07) is 70.2. The molecule has 0 saturated carbocycles. The van der Waals surface area contributed by atoms with E-state index in [9.17, 15) is 5.26 Å². The molecule has 9 nitrogen and oxygen atoms in total. The van der Waals surface area contributed by atoms with Crippen LogP contribution in [0.15, 0.2) is 224 Å². The van der Waals surface area contributed by atoms with Crippen LogP contribution in [-0.4, -0.2) is 39.0 Å². The van der Waals surface area contributed by atoms with Gasteiger partial charge in [0.1, 0.15) is 5.56 Å². The van der Waals surface area contributed by atoms with Crippen LogP contribution in [0.2, 0.25) is 0 Å². The van der Waals surface area contributed by atoms with Gasteiger partial charge < -0.3 is 9.13 Å². The zero-order chi connectivity index (χ0) is 53.9. The molecule has 0 aliphatic heterocycles. The highest BCUT2D eigenvalue weighted by atomic mass is 19.4. The molecule has 0 atom stereocenters. The van der Waals surface area contributed by atoms with Crippen LogP contribution in [0.3, 0.4) is 0 Å². The Morgan fingerprint density at radius 3 is 1.34 bits per heavy atom. The van der Waals surface area contributed by atoms with Gasteiger partial charge in [0.15, 0.2) is 34.9 Å². The number of nitrogens with zero attached hydrogens (tertiary/aromatic N) is 9. The fraction of sp³-hybridized carbons (Fsp3) is 0.0441. The third kappa shape index (κ3) is 8.45. The van der Waals surface area contributed by atoms with Crippen molar-refractivity contribution in [2.24, 2.45) is 0 Å². The molecule has 0 radical (unpaired) electrons. The van der Waals surface area contributed by atoms with Gasteiger partial charge in [-0.1, -0.05) is 158 Å². The highest BCUT2D eigenvalue weighted by Gasteiger charge is 2.40. The van der Waals surface area contributed by atoms with Gasteiger partial charge in [-0.2, -0.15) is 18.4 Å². The first-order chi connectivity index (χ1) is 39.2. The quantitative estimate of drug-likeness (QED) is 0.142. The number of nitriles is 1. The number of para-hydroxylation sites is 1. The molecule has 13 aromatic rings. The Bertz CT molecular complexity index is 4520. The lowest BCUT2D eigenvalue weighted by molar-refractivity contribution is -0.137. The van der Waals surface area contributed by atoms with Crippen molar-refractivity contribution in [2.45, 2.75) is 19.0 Å². The summed E-state index contributed by atoms with van der Waals surface area (Å²) in [5.74, 6) is 2.82. The second kappa shape index (κ2) is 19.4. The monoisotopic (exact) mass is 1040 g/mol. The highest BCUT2D eigenvalue weighted by Crippen LogP contribution is 2.47. The van der Waals surface area contributed by atoms with Crippen molar-refractivity contribution >= 4 is 38.8 Å². The van der Waals surface area contributed by atoms with Crippen LogP contribution in [-0.2, 0) is 12.6 Å². The normalized spacial score (nSPS) is 12.3. The maximum absolute atomic E-state index is 16.9. The molecule has 9 aromatic carbocycles. The third-order valence-corrected chi connectivity index (χ3v) is 14.7. The molecule has 14 rings (SSSR count). The molecule has 4 heterocycles. The summed E-state index contributed by atoms with van der Waals surface area (Å²) < 4.78 is 54.3. The largest absolute Gasteiger partial charge is 0.420 e. The van der Waals surface area contributed by atoms with E-state index in [-0.39, 0.29) is 11.4 Å². The van der Waals surface area contributed by atoms with Crippen LogP contribution in [0.4, 0.5) is 13.2 Å². The molecule has 0 N–H and O–H groups in total. The van der Waals surface area contributed by atoms with Gasteiger partial charge in [0, 0.05) is 55.2 Å². The van der Waals surface area contributed by atoms with Gasteiger partial charge in [0.25, 0.3) is 0 Å². The van der Waals surface area contributed by atoms with Crippen LogP contribution in [0.25, 0.3) is 130 Å². The van der Waals surface area contributed by atoms with Gasteiger partial charge >= 0.3 is 6.18 Å². The second-order valence-electron chi connectivity index (χ2n) is 19.6. The Hall–Kier alpha value is -10.6. The standard InChI is InChI=1S/C68H42F3N9/c69-68(70,71)61-59(79-55-30-15-13-28-51(55)53-37-48(32-34-57(53)79)66-75-62(43-19-5-1-6-20-43)73-63(76-66)44-21-7-2-8-22-44)39-50(47-27-17-18-42(36-47)41-72)40-60(61)80-56-31-16-14-29-52(56)54-38-49(33-35-58(54)80)67-77-64(45-23-9-3-10-24-45)74-65(78-67)46-25-11-4-12-26-46/h1-13,15-28,30-40H,14,29H2. The first-order valence-corrected chi connectivity index (χ1v) is 26.1. The predicted molar refractivity (Wildman–Crippen MR) is 310 cm³/mol. The molecule has 0 fully saturated rings. The van der Waals surface area contributed by atoms with Crippen LogP contribution < -0.4 is 0 Å². The van der Waals surface area contributed by atoms with Gasteiger partial charge in [-0.05, 0) is 102 Å².